The molecule has 0 atom stereocenters. The summed E-state index contributed by atoms with van der Waals surface area (Å²) in [5.41, 5.74) is -0.0619. The van der Waals surface area contributed by atoms with Gasteiger partial charge in [0.2, 0.25) is 5.91 Å². The molecule has 0 radical (unpaired) electrons. The first-order valence-electron chi connectivity index (χ1n) is 4.35. The highest BCUT2D eigenvalue weighted by atomic mass is 19.1. The predicted molar refractivity (Wildman–Crippen MR) is 53.3 cm³/mol. The summed E-state index contributed by atoms with van der Waals surface area (Å²) in [7, 11) is 1.40. The van der Waals surface area contributed by atoms with Crippen molar-refractivity contribution in [2.45, 2.75) is 13.8 Å². The van der Waals surface area contributed by atoms with Crippen molar-refractivity contribution >= 4 is 17.5 Å². The number of halogens is 1. The fourth-order valence-corrected chi connectivity index (χ4v) is 1.09. The summed E-state index contributed by atoms with van der Waals surface area (Å²) >= 11 is 0. The first-order chi connectivity index (χ1) is 6.95. The van der Waals surface area contributed by atoms with Crippen LogP contribution in [0.15, 0.2) is 12.3 Å². The number of pyridine rings is 1. The van der Waals surface area contributed by atoms with Crippen LogP contribution in [-0.2, 0) is 4.79 Å². The minimum absolute atomic E-state index is 0.0619. The van der Waals surface area contributed by atoms with Crippen molar-refractivity contribution < 1.29 is 14.0 Å². The number of aromatic nitrogens is 1. The van der Waals surface area contributed by atoms with Gasteiger partial charge in [-0.3, -0.25) is 14.5 Å². The molecule has 0 N–H and O–H groups in total. The van der Waals surface area contributed by atoms with Crippen molar-refractivity contribution in [1.29, 1.82) is 0 Å². The van der Waals surface area contributed by atoms with Gasteiger partial charge < -0.3 is 0 Å². The summed E-state index contributed by atoms with van der Waals surface area (Å²) in [6, 6.07) is 1.29. The van der Waals surface area contributed by atoms with Crippen LogP contribution in [0.1, 0.15) is 24.2 Å². The molecule has 80 valence electrons. The maximum atomic E-state index is 13.7. The molecule has 0 fully saturated rings. The lowest BCUT2D eigenvalue weighted by molar-refractivity contribution is -0.116. The van der Waals surface area contributed by atoms with Gasteiger partial charge in [0.25, 0.3) is 0 Å². The zero-order chi connectivity index (χ0) is 11.6. The first-order valence-corrected chi connectivity index (χ1v) is 4.35. The molecular formula is C10H11FN2O2. The van der Waals surface area contributed by atoms with Crippen LogP contribution in [0.4, 0.5) is 10.2 Å². The molecule has 1 heterocycles. The van der Waals surface area contributed by atoms with Crippen molar-refractivity contribution in [1.82, 2.24) is 4.98 Å². The van der Waals surface area contributed by atoms with Gasteiger partial charge in [-0.2, -0.15) is 0 Å². The Morgan fingerprint density at radius 2 is 2.00 bits per heavy atom. The summed E-state index contributed by atoms with van der Waals surface area (Å²) in [5.74, 6) is -1.63. The normalized spacial score (nSPS) is 9.87. The third kappa shape index (κ3) is 2.18. The maximum Gasteiger partial charge on any atom is 0.224 e. The second-order valence-corrected chi connectivity index (χ2v) is 3.13. The van der Waals surface area contributed by atoms with Gasteiger partial charge in [0.15, 0.2) is 17.4 Å². The number of rotatable bonds is 2. The lowest BCUT2D eigenvalue weighted by Crippen LogP contribution is -2.25. The Bertz CT molecular complexity index is 418. The second-order valence-electron chi connectivity index (χ2n) is 3.13. The molecule has 1 aromatic heterocycles. The third-order valence-electron chi connectivity index (χ3n) is 2.04. The van der Waals surface area contributed by atoms with E-state index in [1.54, 1.807) is 0 Å². The van der Waals surface area contributed by atoms with Gasteiger partial charge in [-0.1, -0.05) is 0 Å². The Morgan fingerprint density at radius 3 is 2.47 bits per heavy atom. The molecule has 1 aromatic rings. The molecule has 0 spiro atoms. The van der Waals surface area contributed by atoms with Gasteiger partial charge in [-0.25, -0.2) is 9.37 Å². The van der Waals surface area contributed by atoms with E-state index in [1.807, 2.05) is 0 Å². The van der Waals surface area contributed by atoms with E-state index in [9.17, 15) is 14.0 Å². The van der Waals surface area contributed by atoms with Crippen LogP contribution in [0.3, 0.4) is 0 Å². The summed E-state index contributed by atoms with van der Waals surface area (Å²) in [6.45, 7) is 2.55. The van der Waals surface area contributed by atoms with Crippen LogP contribution in [0.5, 0.6) is 0 Å². The molecule has 0 aliphatic carbocycles. The fourth-order valence-electron chi connectivity index (χ4n) is 1.09. The number of anilines is 1. The molecule has 1 rings (SSSR count). The molecule has 0 bridgehead atoms. The van der Waals surface area contributed by atoms with Crippen molar-refractivity contribution in [3.05, 3.63) is 23.6 Å². The summed E-state index contributed by atoms with van der Waals surface area (Å²) < 4.78 is 13.7. The lowest BCUT2D eigenvalue weighted by atomic mass is 10.2. The van der Waals surface area contributed by atoms with Crippen LogP contribution < -0.4 is 4.90 Å². The first kappa shape index (κ1) is 11.3. The minimum atomic E-state index is -0.761. The standard InChI is InChI=1S/C10H11FN2O2/c1-6(14)8-4-5-12-10(9(8)11)13(3)7(2)15/h4-5H,1-3H3. The highest BCUT2D eigenvalue weighted by Gasteiger charge is 2.17. The van der Waals surface area contributed by atoms with Crippen LogP contribution in [-0.4, -0.2) is 23.7 Å². The van der Waals surface area contributed by atoms with Crippen molar-refractivity contribution in [2.75, 3.05) is 11.9 Å². The van der Waals surface area contributed by atoms with Crippen molar-refractivity contribution in [3.63, 3.8) is 0 Å². The second kappa shape index (κ2) is 4.16. The number of nitrogens with zero attached hydrogens (tertiary/aromatic N) is 2. The van der Waals surface area contributed by atoms with Gasteiger partial charge >= 0.3 is 0 Å². The number of carbonyl (C=O) groups is 2. The zero-order valence-electron chi connectivity index (χ0n) is 8.74. The average Bonchev–Trinajstić information content (AvgIpc) is 2.16. The van der Waals surface area contributed by atoms with E-state index >= 15 is 0 Å². The van der Waals surface area contributed by atoms with Crippen molar-refractivity contribution in [3.8, 4) is 0 Å². The van der Waals surface area contributed by atoms with E-state index in [-0.39, 0.29) is 17.3 Å². The third-order valence-corrected chi connectivity index (χ3v) is 2.04. The lowest BCUT2D eigenvalue weighted by Gasteiger charge is -2.15. The molecule has 0 aromatic carbocycles. The topological polar surface area (TPSA) is 50.3 Å². The Balaban J connectivity index is 3.26. The molecule has 0 aliphatic rings. The SMILES string of the molecule is CC(=O)c1ccnc(N(C)C(C)=O)c1F. The number of amides is 1. The number of ketones is 1. The molecule has 1 amide bonds. The summed E-state index contributed by atoms with van der Waals surface area (Å²) in [6.07, 6.45) is 1.30. The monoisotopic (exact) mass is 210 g/mol. The Hall–Kier alpha value is -1.78. The number of hydrogen-bond acceptors (Lipinski definition) is 3. The fraction of sp³-hybridized carbons (Fsp3) is 0.300. The Morgan fingerprint density at radius 1 is 1.40 bits per heavy atom. The Labute approximate surface area is 86.7 Å². The summed E-state index contributed by atoms with van der Waals surface area (Å²) in [5, 5.41) is 0. The predicted octanol–water partition coefficient (Wildman–Crippen LogP) is 1.41. The quantitative estimate of drug-likeness (QED) is 0.693. The number of carbonyl (C=O) groups excluding carboxylic acids is 2. The zero-order valence-corrected chi connectivity index (χ0v) is 8.74. The largest absolute Gasteiger partial charge is 0.298 e. The van der Waals surface area contributed by atoms with E-state index in [0.29, 0.717) is 0 Å². The van der Waals surface area contributed by atoms with E-state index in [0.717, 1.165) is 4.90 Å². The summed E-state index contributed by atoms with van der Waals surface area (Å²) in [4.78, 5) is 26.8. The molecule has 4 nitrogen and oxygen atoms in total. The molecule has 15 heavy (non-hydrogen) atoms. The number of hydrogen-bond donors (Lipinski definition) is 0. The maximum absolute atomic E-state index is 13.7. The van der Waals surface area contributed by atoms with Gasteiger partial charge in [0.05, 0.1) is 5.56 Å². The van der Waals surface area contributed by atoms with Gasteiger partial charge in [-0.15, -0.1) is 0 Å². The highest BCUT2D eigenvalue weighted by Crippen LogP contribution is 2.18. The molecule has 0 unspecified atom stereocenters. The molecule has 0 saturated heterocycles. The molecular weight excluding hydrogens is 199 g/mol. The van der Waals surface area contributed by atoms with Gasteiger partial charge in [-0.05, 0) is 13.0 Å². The molecule has 0 aliphatic heterocycles. The van der Waals surface area contributed by atoms with Crippen LogP contribution in [0.2, 0.25) is 0 Å². The van der Waals surface area contributed by atoms with E-state index in [4.69, 9.17) is 0 Å². The van der Waals surface area contributed by atoms with E-state index in [2.05, 4.69) is 4.98 Å². The highest BCUT2D eigenvalue weighted by molar-refractivity contribution is 5.96. The van der Waals surface area contributed by atoms with E-state index < -0.39 is 11.6 Å². The average molecular weight is 210 g/mol. The molecule has 5 heteroatoms. The van der Waals surface area contributed by atoms with Crippen molar-refractivity contribution in [2.24, 2.45) is 0 Å². The van der Waals surface area contributed by atoms with Gasteiger partial charge in [0, 0.05) is 20.2 Å². The molecule has 0 saturated carbocycles. The van der Waals surface area contributed by atoms with Gasteiger partial charge in [0.1, 0.15) is 0 Å². The smallest absolute Gasteiger partial charge is 0.224 e. The Kier molecular flexibility index (Phi) is 3.14. The van der Waals surface area contributed by atoms with Crippen LogP contribution in [0.25, 0.3) is 0 Å². The van der Waals surface area contributed by atoms with Crippen LogP contribution >= 0.6 is 0 Å². The number of Topliss-reactive ketones (excluding diaryl/α,β-unsaturated/α-hetero) is 1. The van der Waals surface area contributed by atoms with E-state index in [1.165, 1.54) is 33.2 Å². The minimum Gasteiger partial charge on any atom is -0.298 e. The van der Waals surface area contributed by atoms with Crippen LogP contribution in [0, 0.1) is 5.82 Å².